The summed E-state index contributed by atoms with van der Waals surface area (Å²) in [5.74, 6) is 1.16. The van der Waals surface area contributed by atoms with Gasteiger partial charge in [0.25, 0.3) is 5.91 Å². The van der Waals surface area contributed by atoms with Crippen molar-refractivity contribution in [1.82, 2.24) is 24.4 Å². The number of nitrogens with zero attached hydrogens (tertiary/aromatic N) is 5. The summed E-state index contributed by atoms with van der Waals surface area (Å²) in [6.45, 7) is 7.19. The summed E-state index contributed by atoms with van der Waals surface area (Å²) >= 11 is 1.41. The van der Waals surface area contributed by atoms with Crippen molar-refractivity contribution in [1.29, 1.82) is 0 Å². The molecule has 1 saturated heterocycles. The highest BCUT2D eigenvalue weighted by atomic mass is 32.1. The molecule has 1 N–H and O–H groups in total. The van der Waals surface area contributed by atoms with Crippen LogP contribution in [0, 0.1) is 5.41 Å². The molecule has 37 heavy (non-hydrogen) atoms. The number of hydrogen-bond donors (Lipinski definition) is 1. The van der Waals surface area contributed by atoms with Crippen molar-refractivity contribution in [2.24, 2.45) is 5.41 Å². The average Bonchev–Trinajstić information content (AvgIpc) is 3.64. The predicted molar refractivity (Wildman–Crippen MR) is 145 cm³/mol. The zero-order valence-corrected chi connectivity index (χ0v) is 21.5. The lowest BCUT2D eigenvalue weighted by Gasteiger charge is -2.46. The first kappa shape index (κ1) is 23.5. The van der Waals surface area contributed by atoms with Gasteiger partial charge >= 0.3 is 0 Å². The molecule has 2 amide bonds. The quantitative estimate of drug-likeness (QED) is 0.363. The third-order valence-electron chi connectivity index (χ3n) is 7.55. The number of imidazole rings is 1. The molecule has 1 spiro atoms. The van der Waals surface area contributed by atoms with Crippen molar-refractivity contribution in [2.75, 3.05) is 18.4 Å². The number of para-hydroxylation sites is 2. The smallest absolute Gasteiger partial charge is 0.268 e. The first-order valence-corrected chi connectivity index (χ1v) is 13.4. The molecular formula is C28H28N6O2S. The topological polar surface area (TPSA) is 93.0 Å². The number of likely N-dealkylation sites (tertiary alicyclic amines) is 1. The summed E-state index contributed by atoms with van der Waals surface area (Å²) in [7, 11) is 0. The molecule has 8 nitrogen and oxygen atoms in total. The number of hydrogen-bond acceptors (Lipinski definition) is 6. The van der Waals surface area contributed by atoms with E-state index in [0.717, 1.165) is 66.2 Å². The molecule has 1 aromatic carbocycles. The fraction of sp³-hybridized carbons (Fsp3) is 0.321. The maximum Gasteiger partial charge on any atom is 0.268 e. The minimum absolute atomic E-state index is 0.00422. The number of benzene rings is 1. The lowest BCUT2D eigenvalue weighted by molar-refractivity contribution is -0.125. The third kappa shape index (κ3) is 4.23. The van der Waals surface area contributed by atoms with E-state index in [1.807, 2.05) is 48.2 Å². The number of thiophene rings is 1. The third-order valence-corrected chi connectivity index (χ3v) is 8.66. The Morgan fingerprint density at radius 3 is 2.84 bits per heavy atom. The maximum absolute atomic E-state index is 13.3. The number of aryl methyl sites for hydroxylation is 1. The van der Waals surface area contributed by atoms with Crippen molar-refractivity contribution in [2.45, 2.75) is 38.6 Å². The summed E-state index contributed by atoms with van der Waals surface area (Å²) in [6.07, 6.45) is 6.81. The molecule has 4 aromatic rings. The molecule has 9 heteroatoms. The van der Waals surface area contributed by atoms with Crippen molar-refractivity contribution < 1.29 is 9.59 Å². The molecule has 0 bridgehead atoms. The highest BCUT2D eigenvalue weighted by Crippen LogP contribution is 2.55. The van der Waals surface area contributed by atoms with Gasteiger partial charge in [-0.25, -0.2) is 15.0 Å². The van der Waals surface area contributed by atoms with Crippen LogP contribution in [-0.2, 0) is 11.2 Å². The number of aromatic nitrogens is 4. The van der Waals surface area contributed by atoms with Gasteiger partial charge < -0.3 is 9.47 Å². The lowest BCUT2D eigenvalue weighted by Crippen LogP contribution is -2.42. The molecule has 6 rings (SSSR count). The van der Waals surface area contributed by atoms with E-state index in [1.54, 1.807) is 6.20 Å². The Kier molecular flexibility index (Phi) is 5.87. The number of nitrogens with one attached hydrogen (secondary N) is 1. The second kappa shape index (κ2) is 9.23. The highest BCUT2D eigenvalue weighted by molar-refractivity contribution is 7.17. The molecule has 1 saturated carbocycles. The van der Waals surface area contributed by atoms with Gasteiger partial charge in [0.05, 0.1) is 26.5 Å². The summed E-state index contributed by atoms with van der Waals surface area (Å²) in [5, 5.41) is 3.08. The molecule has 2 fully saturated rings. The Morgan fingerprint density at radius 1 is 1.19 bits per heavy atom. The normalized spacial score (nSPS) is 20.8. The van der Waals surface area contributed by atoms with Crippen LogP contribution in [0.15, 0.2) is 61.3 Å². The van der Waals surface area contributed by atoms with Crippen LogP contribution < -0.4 is 5.32 Å². The Bertz CT molecular complexity index is 1520. The average molecular weight is 513 g/mol. The predicted octanol–water partition coefficient (Wildman–Crippen LogP) is 5.11. The van der Waals surface area contributed by atoms with Crippen LogP contribution >= 0.6 is 11.3 Å². The van der Waals surface area contributed by atoms with Gasteiger partial charge in [-0.3, -0.25) is 14.9 Å². The van der Waals surface area contributed by atoms with E-state index in [4.69, 9.17) is 4.98 Å². The Hall–Kier alpha value is -3.85. The van der Waals surface area contributed by atoms with E-state index in [2.05, 4.69) is 32.5 Å². The van der Waals surface area contributed by atoms with Crippen LogP contribution in [0.2, 0.25) is 0 Å². The molecule has 188 valence electrons. The number of carbonyl (C=O) groups excluding carboxylic acids is 2. The van der Waals surface area contributed by atoms with Gasteiger partial charge in [0.2, 0.25) is 11.9 Å². The van der Waals surface area contributed by atoms with Crippen LogP contribution in [0.25, 0.3) is 21.6 Å². The Morgan fingerprint density at radius 2 is 2.03 bits per heavy atom. The van der Waals surface area contributed by atoms with E-state index in [0.29, 0.717) is 10.8 Å². The molecule has 1 aliphatic heterocycles. The van der Waals surface area contributed by atoms with Crippen molar-refractivity contribution >= 4 is 40.1 Å². The number of fused-ring (bicyclic) bond motifs is 1. The van der Waals surface area contributed by atoms with Crippen LogP contribution in [0.5, 0.6) is 0 Å². The molecule has 1 aliphatic carbocycles. The standard InChI is InChI=1S/C28H28N6O2S/c1-3-24-29-13-11-20(30-24)22-9-10-23(37-22)26(36)32-27-31-19-7-5-6-8-21(19)34(27)18-15-28(16-18)12-14-33(17-28)25(35)4-2/h4-11,13,18H,2-3,12,14-17H2,1H3,(H,31,32,36). The zero-order valence-electron chi connectivity index (χ0n) is 20.7. The minimum atomic E-state index is -0.185. The summed E-state index contributed by atoms with van der Waals surface area (Å²) in [6, 6.07) is 13.8. The summed E-state index contributed by atoms with van der Waals surface area (Å²) in [4.78, 5) is 42.4. The van der Waals surface area contributed by atoms with Crippen LogP contribution in [-0.4, -0.2) is 49.3 Å². The van der Waals surface area contributed by atoms with Crippen LogP contribution in [0.1, 0.15) is 47.7 Å². The second-order valence-corrected chi connectivity index (χ2v) is 11.0. The first-order valence-electron chi connectivity index (χ1n) is 12.6. The molecule has 0 radical (unpaired) electrons. The van der Waals surface area contributed by atoms with Gasteiger partial charge in [-0.2, -0.15) is 0 Å². The van der Waals surface area contributed by atoms with Gasteiger partial charge in [-0.1, -0.05) is 25.6 Å². The van der Waals surface area contributed by atoms with Crippen molar-refractivity contribution in [3.05, 3.63) is 72.0 Å². The molecule has 0 atom stereocenters. The molecule has 2 aliphatic rings. The van der Waals surface area contributed by atoms with Gasteiger partial charge in [0.15, 0.2) is 0 Å². The maximum atomic E-state index is 13.3. The monoisotopic (exact) mass is 512 g/mol. The van der Waals surface area contributed by atoms with E-state index in [9.17, 15) is 9.59 Å². The second-order valence-electron chi connectivity index (χ2n) is 9.90. The molecular weight excluding hydrogens is 484 g/mol. The first-order chi connectivity index (χ1) is 18.0. The van der Waals surface area contributed by atoms with E-state index in [1.165, 1.54) is 17.4 Å². The fourth-order valence-corrected chi connectivity index (χ4v) is 6.55. The SMILES string of the molecule is C=CC(=O)N1CCC2(CC(n3c(NC(=O)c4ccc(-c5ccnc(CC)n5)s4)nc4ccccc43)C2)C1. The number of carbonyl (C=O) groups is 2. The lowest BCUT2D eigenvalue weighted by atomic mass is 9.65. The van der Waals surface area contributed by atoms with Gasteiger partial charge in [0.1, 0.15) is 5.82 Å². The number of amides is 2. The Labute approximate surface area is 219 Å². The van der Waals surface area contributed by atoms with Gasteiger partial charge in [-0.05, 0) is 61.1 Å². The molecule has 3 aromatic heterocycles. The van der Waals surface area contributed by atoms with Crippen LogP contribution in [0.3, 0.4) is 0 Å². The minimum Gasteiger partial charge on any atom is -0.339 e. The van der Waals surface area contributed by atoms with E-state index < -0.39 is 0 Å². The zero-order chi connectivity index (χ0) is 25.6. The number of rotatable bonds is 6. The van der Waals surface area contributed by atoms with Crippen molar-refractivity contribution in [3.8, 4) is 10.6 Å². The van der Waals surface area contributed by atoms with E-state index in [-0.39, 0.29) is 23.3 Å². The highest BCUT2D eigenvalue weighted by Gasteiger charge is 2.50. The van der Waals surface area contributed by atoms with E-state index >= 15 is 0 Å². The largest absolute Gasteiger partial charge is 0.339 e. The molecule has 4 heterocycles. The van der Waals surface area contributed by atoms with Crippen molar-refractivity contribution in [3.63, 3.8) is 0 Å². The Balaban J connectivity index is 1.23. The number of anilines is 1. The van der Waals surface area contributed by atoms with Gasteiger partial charge in [0, 0.05) is 31.7 Å². The summed E-state index contributed by atoms with van der Waals surface area (Å²) in [5.41, 5.74) is 2.82. The summed E-state index contributed by atoms with van der Waals surface area (Å²) < 4.78 is 2.17. The fourth-order valence-electron chi connectivity index (χ4n) is 5.68. The molecule has 0 unspecified atom stereocenters. The van der Waals surface area contributed by atoms with Gasteiger partial charge in [-0.15, -0.1) is 11.3 Å². The van der Waals surface area contributed by atoms with Crippen LogP contribution in [0.4, 0.5) is 5.95 Å².